The number of carbonyl (C=O) groups excluding carboxylic acids is 1. The number of carbonyl (C=O) groups is 1. The van der Waals surface area contributed by atoms with E-state index in [1.165, 1.54) is 0 Å². The minimum atomic E-state index is 0.309. The van der Waals surface area contributed by atoms with E-state index in [1.807, 2.05) is 12.1 Å². The molecule has 0 atom stereocenters. The highest BCUT2D eigenvalue weighted by Crippen LogP contribution is 2.35. The molecule has 1 aliphatic rings. The minimum Gasteiger partial charge on any atom is -0.493 e. The number of benzene rings is 1. The number of anilines is 1. The Bertz CT molecular complexity index is 677. The average Bonchev–Trinajstić information content (AvgIpc) is 2.53. The number of methoxy groups -OCH3 is 2. The van der Waals surface area contributed by atoms with Gasteiger partial charge in [0.1, 0.15) is 17.9 Å². The van der Waals surface area contributed by atoms with Crippen LogP contribution < -0.4 is 14.4 Å². The third kappa shape index (κ3) is 2.49. The summed E-state index contributed by atoms with van der Waals surface area (Å²) in [6.45, 7) is 1.39. The number of fused-ring (bicyclic) bond motifs is 1. The Kier molecular flexibility index (Phi) is 3.60. The standard InChI is InChI=1S/C15H17N3O3/c1-20-13-7-11-12(8-14(13)21-2)16-9-17-15(11)18-5-3-10(19)4-6-18/h7-9H,3-6H2,1-2H3. The molecule has 0 aliphatic carbocycles. The van der Waals surface area contributed by atoms with E-state index >= 15 is 0 Å². The zero-order valence-electron chi connectivity index (χ0n) is 12.1. The summed E-state index contributed by atoms with van der Waals surface area (Å²) in [5, 5.41) is 0.907. The van der Waals surface area contributed by atoms with Gasteiger partial charge in [-0.2, -0.15) is 0 Å². The van der Waals surface area contributed by atoms with Gasteiger partial charge in [-0.15, -0.1) is 0 Å². The second-order valence-electron chi connectivity index (χ2n) is 4.95. The van der Waals surface area contributed by atoms with Crippen molar-refractivity contribution in [3.63, 3.8) is 0 Å². The summed E-state index contributed by atoms with van der Waals surface area (Å²) in [7, 11) is 3.20. The van der Waals surface area contributed by atoms with Gasteiger partial charge >= 0.3 is 0 Å². The van der Waals surface area contributed by atoms with Crippen LogP contribution in [0, 0.1) is 0 Å². The molecule has 0 spiro atoms. The Morgan fingerprint density at radius 2 is 1.71 bits per heavy atom. The topological polar surface area (TPSA) is 64.6 Å². The summed E-state index contributed by atoms with van der Waals surface area (Å²) in [5.74, 6) is 2.44. The van der Waals surface area contributed by atoms with E-state index < -0.39 is 0 Å². The van der Waals surface area contributed by atoms with Crippen LogP contribution in [0.15, 0.2) is 18.5 Å². The van der Waals surface area contributed by atoms with Crippen molar-refractivity contribution in [3.05, 3.63) is 18.5 Å². The van der Waals surface area contributed by atoms with E-state index in [0.29, 0.717) is 43.2 Å². The normalized spacial score (nSPS) is 15.3. The number of rotatable bonds is 3. The first-order chi connectivity index (χ1) is 10.2. The van der Waals surface area contributed by atoms with Gasteiger partial charge in [0.2, 0.25) is 0 Å². The van der Waals surface area contributed by atoms with Crippen LogP contribution in [0.25, 0.3) is 10.9 Å². The van der Waals surface area contributed by atoms with Crippen LogP contribution in [0.4, 0.5) is 5.82 Å². The predicted octanol–water partition coefficient (Wildman–Crippen LogP) is 1.82. The number of nitrogens with zero attached hydrogens (tertiary/aromatic N) is 3. The third-order valence-electron chi connectivity index (χ3n) is 3.74. The van der Waals surface area contributed by atoms with Crippen molar-refractivity contribution < 1.29 is 14.3 Å². The van der Waals surface area contributed by atoms with Gasteiger partial charge in [-0.05, 0) is 6.07 Å². The lowest BCUT2D eigenvalue weighted by Crippen LogP contribution is -2.34. The van der Waals surface area contributed by atoms with E-state index in [2.05, 4.69) is 14.9 Å². The first-order valence-corrected chi connectivity index (χ1v) is 6.86. The molecular weight excluding hydrogens is 270 g/mol. The third-order valence-corrected chi connectivity index (χ3v) is 3.74. The molecule has 3 rings (SSSR count). The SMILES string of the molecule is COc1cc2ncnc(N3CCC(=O)CC3)c2cc1OC. The molecule has 6 heteroatoms. The van der Waals surface area contributed by atoms with Crippen molar-refractivity contribution in [2.75, 3.05) is 32.2 Å². The monoisotopic (exact) mass is 287 g/mol. The summed E-state index contributed by atoms with van der Waals surface area (Å²) in [4.78, 5) is 22.2. The molecule has 1 aromatic heterocycles. The highest BCUT2D eigenvalue weighted by atomic mass is 16.5. The van der Waals surface area contributed by atoms with Gasteiger partial charge < -0.3 is 14.4 Å². The first-order valence-electron chi connectivity index (χ1n) is 6.86. The zero-order valence-corrected chi connectivity index (χ0v) is 12.1. The van der Waals surface area contributed by atoms with Crippen LogP contribution in [0.5, 0.6) is 11.5 Å². The maximum Gasteiger partial charge on any atom is 0.162 e. The van der Waals surface area contributed by atoms with Crippen LogP contribution >= 0.6 is 0 Å². The molecule has 0 saturated carbocycles. The summed E-state index contributed by atoms with van der Waals surface area (Å²) in [5.41, 5.74) is 0.801. The predicted molar refractivity (Wildman–Crippen MR) is 79.1 cm³/mol. The van der Waals surface area contributed by atoms with Gasteiger partial charge in [-0.25, -0.2) is 9.97 Å². The summed E-state index contributed by atoms with van der Waals surface area (Å²) < 4.78 is 10.7. The molecule has 1 aliphatic heterocycles. The minimum absolute atomic E-state index is 0.309. The number of hydrogen-bond acceptors (Lipinski definition) is 6. The van der Waals surface area contributed by atoms with Crippen LogP contribution in [0.2, 0.25) is 0 Å². The van der Waals surface area contributed by atoms with Crippen molar-refractivity contribution >= 4 is 22.5 Å². The lowest BCUT2D eigenvalue weighted by molar-refractivity contribution is -0.119. The Labute approximate surface area is 122 Å². The van der Waals surface area contributed by atoms with Crippen molar-refractivity contribution in [2.24, 2.45) is 0 Å². The van der Waals surface area contributed by atoms with Crippen LogP contribution in [-0.2, 0) is 4.79 Å². The highest BCUT2D eigenvalue weighted by molar-refractivity contribution is 5.92. The van der Waals surface area contributed by atoms with E-state index in [9.17, 15) is 4.79 Å². The molecular formula is C15H17N3O3. The molecule has 1 fully saturated rings. The zero-order chi connectivity index (χ0) is 14.8. The maximum atomic E-state index is 11.4. The quantitative estimate of drug-likeness (QED) is 0.858. The second-order valence-corrected chi connectivity index (χ2v) is 4.95. The number of Topliss-reactive ketones (excluding diaryl/α,β-unsaturated/α-hetero) is 1. The molecule has 2 aromatic rings. The molecule has 1 aromatic carbocycles. The Balaban J connectivity index is 2.08. The number of aromatic nitrogens is 2. The second kappa shape index (κ2) is 5.55. The molecule has 1 saturated heterocycles. The first kappa shape index (κ1) is 13.6. The van der Waals surface area contributed by atoms with Gasteiger partial charge in [-0.3, -0.25) is 4.79 Å². The summed E-state index contributed by atoms with van der Waals surface area (Å²) in [6.07, 6.45) is 2.68. The highest BCUT2D eigenvalue weighted by Gasteiger charge is 2.20. The van der Waals surface area contributed by atoms with Gasteiger partial charge in [0.25, 0.3) is 0 Å². The van der Waals surface area contributed by atoms with E-state index in [0.717, 1.165) is 16.7 Å². The van der Waals surface area contributed by atoms with Crippen molar-refractivity contribution in [2.45, 2.75) is 12.8 Å². The Morgan fingerprint density at radius 3 is 2.38 bits per heavy atom. The van der Waals surface area contributed by atoms with Crippen molar-refractivity contribution in [1.82, 2.24) is 9.97 Å². The van der Waals surface area contributed by atoms with Gasteiger partial charge in [0.15, 0.2) is 11.5 Å². The van der Waals surface area contributed by atoms with Crippen LogP contribution in [0.1, 0.15) is 12.8 Å². The molecule has 0 unspecified atom stereocenters. The lowest BCUT2D eigenvalue weighted by atomic mass is 10.1. The molecule has 6 nitrogen and oxygen atoms in total. The summed E-state index contributed by atoms with van der Waals surface area (Å²) in [6, 6.07) is 3.73. The number of hydrogen-bond donors (Lipinski definition) is 0. The molecule has 0 amide bonds. The van der Waals surface area contributed by atoms with Gasteiger partial charge in [0, 0.05) is 37.4 Å². The van der Waals surface area contributed by atoms with E-state index in [-0.39, 0.29) is 0 Å². The van der Waals surface area contributed by atoms with Gasteiger partial charge in [-0.1, -0.05) is 0 Å². The number of piperidine rings is 1. The molecule has 2 heterocycles. The van der Waals surface area contributed by atoms with E-state index in [4.69, 9.17) is 9.47 Å². The smallest absolute Gasteiger partial charge is 0.162 e. The molecule has 21 heavy (non-hydrogen) atoms. The average molecular weight is 287 g/mol. The van der Waals surface area contributed by atoms with Crippen molar-refractivity contribution in [3.8, 4) is 11.5 Å². The van der Waals surface area contributed by atoms with Crippen molar-refractivity contribution in [1.29, 1.82) is 0 Å². The Hall–Kier alpha value is -2.37. The fraction of sp³-hybridized carbons (Fsp3) is 0.400. The molecule has 0 radical (unpaired) electrons. The Morgan fingerprint density at radius 1 is 1.05 bits per heavy atom. The van der Waals surface area contributed by atoms with Crippen LogP contribution in [-0.4, -0.2) is 43.1 Å². The number of ether oxygens (including phenoxy) is 2. The largest absolute Gasteiger partial charge is 0.493 e. The van der Waals surface area contributed by atoms with E-state index in [1.54, 1.807) is 20.5 Å². The molecule has 0 bridgehead atoms. The lowest BCUT2D eigenvalue weighted by Gasteiger charge is -2.28. The summed E-state index contributed by atoms with van der Waals surface area (Å²) >= 11 is 0. The fourth-order valence-electron chi connectivity index (χ4n) is 2.59. The molecule has 110 valence electrons. The number of ketones is 1. The molecule has 0 N–H and O–H groups in total. The maximum absolute atomic E-state index is 11.4. The van der Waals surface area contributed by atoms with Crippen LogP contribution in [0.3, 0.4) is 0 Å². The fourth-order valence-corrected chi connectivity index (χ4v) is 2.59. The van der Waals surface area contributed by atoms with Gasteiger partial charge in [0.05, 0.1) is 19.7 Å².